The van der Waals surface area contributed by atoms with Crippen LogP contribution in [-0.2, 0) is 18.9 Å². The van der Waals surface area contributed by atoms with Gasteiger partial charge in [0.1, 0.15) is 24.4 Å². The van der Waals surface area contributed by atoms with Crippen LogP contribution in [0.2, 0.25) is 0 Å². The van der Waals surface area contributed by atoms with Crippen molar-refractivity contribution in [3.8, 4) is 5.75 Å². The molecule has 3 aliphatic rings. The Labute approximate surface area is 238 Å². The van der Waals surface area contributed by atoms with Gasteiger partial charge in [0.25, 0.3) is 0 Å². The quantitative estimate of drug-likeness (QED) is 0.255. The molecule has 2 unspecified atom stereocenters. The first-order chi connectivity index (χ1) is 18.3. The third-order valence-corrected chi connectivity index (χ3v) is 8.49. The summed E-state index contributed by atoms with van der Waals surface area (Å²) in [5.74, 6) is 0.843. The standard InChI is InChI=1S/C29H29F6N2O2.BrH/c1-3-18-16-37(15-17-10-20(28(30,31)32)13-21(11-17)29(33,34)35)9-7-19(18)12-26(37)27(38)23-6-8-36-25-5-4-22(39-2)14-24(23)25;/h3-6,8,10-11,13-14,18-19,26-27,38H,1,7,9,12,15-16H2,2H3;1H/q+1;/p-1/t18?,19?,26-,27+,37+;/m0./s1. The number of piperidine rings is 3. The number of methoxy groups -OCH3 is 1. The number of ether oxygens (including phenoxy) is 1. The number of nitrogens with zero attached hydrogens (tertiary/aromatic N) is 2. The van der Waals surface area contributed by atoms with Crippen molar-refractivity contribution < 1.29 is 57.7 Å². The van der Waals surface area contributed by atoms with Crippen LogP contribution in [0.3, 0.4) is 0 Å². The van der Waals surface area contributed by atoms with Gasteiger partial charge in [0, 0.05) is 35.9 Å². The fraction of sp³-hybridized carbons (Fsp3) is 0.414. The van der Waals surface area contributed by atoms with Crippen LogP contribution >= 0.6 is 0 Å². The van der Waals surface area contributed by atoms with Crippen LogP contribution in [-0.4, -0.2) is 40.8 Å². The maximum absolute atomic E-state index is 13.6. The molecular weight excluding hydrogens is 602 g/mol. The number of alkyl halides is 6. The molecule has 0 amide bonds. The van der Waals surface area contributed by atoms with Gasteiger partial charge in [-0.3, -0.25) is 4.98 Å². The molecule has 5 atom stereocenters. The number of fused-ring (bicyclic) bond motifs is 4. The molecule has 0 radical (unpaired) electrons. The monoisotopic (exact) mass is 630 g/mol. The van der Waals surface area contributed by atoms with Gasteiger partial charge < -0.3 is 31.3 Å². The number of hydrogen-bond acceptors (Lipinski definition) is 3. The van der Waals surface area contributed by atoms with Gasteiger partial charge in [-0.25, -0.2) is 0 Å². The lowest BCUT2D eigenvalue weighted by molar-refractivity contribution is -0.984. The van der Waals surface area contributed by atoms with E-state index in [2.05, 4.69) is 11.6 Å². The predicted octanol–water partition coefficient (Wildman–Crippen LogP) is 3.93. The van der Waals surface area contributed by atoms with Crippen LogP contribution in [0, 0.1) is 11.8 Å². The molecule has 3 aliphatic heterocycles. The predicted molar refractivity (Wildman–Crippen MR) is 134 cm³/mol. The number of benzene rings is 2. The largest absolute Gasteiger partial charge is 1.00 e. The summed E-state index contributed by atoms with van der Waals surface area (Å²) in [6, 6.07) is 8.34. The summed E-state index contributed by atoms with van der Waals surface area (Å²) < 4.78 is 87.2. The lowest BCUT2D eigenvalue weighted by Gasteiger charge is -2.58. The number of halogens is 7. The van der Waals surface area contributed by atoms with E-state index < -0.39 is 35.6 Å². The molecule has 3 aromatic rings. The Balaban J connectivity index is 0.00000370. The van der Waals surface area contributed by atoms with Crippen molar-refractivity contribution in [3.05, 3.63) is 83.6 Å². The molecule has 3 fully saturated rings. The van der Waals surface area contributed by atoms with Gasteiger partial charge in [-0.15, -0.1) is 6.58 Å². The van der Waals surface area contributed by atoms with E-state index in [0.717, 1.165) is 18.6 Å². The minimum atomic E-state index is -4.93. The zero-order chi connectivity index (χ0) is 28.2. The maximum Gasteiger partial charge on any atom is 0.416 e. The third-order valence-electron chi connectivity index (χ3n) is 8.49. The first-order valence-corrected chi connectivity index (χ1v) is 12.7. The molecule has 1 aromatic heterocycles. The van der Waals surface area contributed by atoms with Crippen molar-refractivity contribution in [2.24, 2.45) is 11.8 Å². The van der Waals surface area contributed by atoms with Crippen molar-refractivity contribution in [1.29, 1.82) is 0 Å². The van der Waals surface area contributed by atoms with E-state index in [1.54, 1.807) is 30.5 Å². The number of quaternary nitrogens is 1. The number of rotatable bonds is 6. The summed E-state index contributed by atoms with van der Waals surface area (Å²) in [5, 5.41) is 12.5. The number of aliphatic hydroxyl groups is 1. The normalized spacial score (nSPS) is 25.4. The van der Waals surface area contributed by atoms with E-state index in [1.807, 2.05) is 6.08 Å². The Morgan fingerprint density at radius 3 is 2.35 bits per heavy atom. The van der Waals surface area contributed by atoms with Gasteiger partial charge in [-0.1, -0.05) is 6.08 Å². The molecule has 3 saturated heterocycles. The van der Waals surface area contributed by atoms with Gasteiger partial charge in [0.05, 0.1) is 36.8 Å². The Kier molecular flexibility index (Phi) is 8.33. The van der Waals surface area contributed by atoms with E-state index in [4.69, 9.17) is 4.74 Å². The average molecular weight is 631 g/mol. The molecule has 11 heteroatoms. The summed E-state index contributed by atoms with van der Waals surface area (Å²) in [6.45, 7) is 4.86. The lowest BCUT2D eigenvalue weighted by atomic mass is 9.71. The zero-order valence-electron chi connectivity index (χ0n) is 21.6. The molecule has 4 nitrogen and oxygen atoms in total. The Bertz CT molecular complexity index is 1360. The lowest BCUT2D eigenvalue weighted by Crippen LogP contribution is -3.00. The Morgan fingerprint density at radius 2 is 1.75 bits per heavy atom. The molecule has 216 valence electrons. The molecule has 2 bridgehead atoms. The zero-order valence-corrected chi connectivity index (χ0v) is 23.2. The van der Waals surface area contributed by atoms with Crippen LogP contribution in [0.25, 0.3) is 10.9 Å². The van der Waals surface area contributed by atoms with Gasteiger partial charge in [0.15, 0.2) is 0 Å². The SMILES string of the molecule is C=CC1C[N@+]2(Cc3cc(C(F)(F)F)cc(C(F)(F)F)c3)CCC1C[C@H]2[C@H](O)c1ccnc2ccc(OC)cc12.[Br-]. The van der Waals surface area contributed by atoms with Gasteiger partial charge in [0.2, 0.25) is 0 Å². The van der Waals surface area contributed by atoms with Crippen LogP contribution < -0.4 is 21.7 Å². The Morgan fingerprint density at radius 1 is 1.07 bits per heavy atom. The van der Waals surface area contributed by atoms with Crippen LogP contribution in [0.4, 0.5) is 26.3 Å². The minimum Gasteiger partial charge on any atom is -1.00 e. The highest BCUT2D eigenvalue weighted by Gasteiger charge is 2.54. The number of pyridine rings is 1. The number of hydrogen-bond donors (Lipinski definition) is 1. The van der Waals surface area contributed by atoms with Crippen molar-refractivity contribution in [2.45, 2.75) is 43.9 Å². The van der Waals surface area contributed by atoms with E-state index in [9.17, 15) is 31.4 Å². The maximum atomic E-state index is 13.6. The summed E-state index contributed by atoms with van der Waals surface area (Å²) in [6.07, 6.45) is -6.16. The summed E-state index contributed by atoms with van der Waals surface area (Å²) in [7, 11) is 1.53. The molecule has 0 saturated carbocycles. The van der Waals surface area contributed by atoms with Crippen molar-refractivity contribution in [2.75, 3.05) is 20.2 Å². The third kappa shape index (κ3) is 5.60. The molecule has 0 spiro atoms. The topological polar surface area (TPSA) is 42.4 Å². The molecule has 1 N–H and O–H groups in total. The minimum absolute atomic E-state index is 0. The van der Waals surface area contributed by atoms with E-state index >= 15 is 0 Å². The number of aromatic nitrogens is 1. The molecule has 6 rings (SSSR count). The molecule has 40 heavy (non-hydrogen) atoms. The fourth-order valence-electron chi connectivity index (χ4n) is 6.59. The second-order valence-corrected chi connectivity index (χ2v) is 10.7. The first kappa shape index (κ1) is 30.3. The first-order valence-electron chi connectivity index (χ1n) is 12.7. The second kappa shape index (κ2) is 11.0. The highest BCUT2D eigenvalue weighted by molar-refractivity contribution is 5.83. The number of aliphatic hydroxyl groups excluding tert-OH is 1. The van der Waals surface area contributed by atoms with Crippen LogP contribution in [0.5, 0.6) is 5.75 Å². The van der Waals surface area contributed by atoms with Crippen molar-refractivity contribution in [3.63, 3.8) is 0 Å². The summed E-state index contributed by atoms with van der Waals surface area (Å²) >= 11 is 0. The highest BCUT2D eigenvalue weighted by atomic mass is 79.9. The summed E-state index contributed by atoms with van der Waals surface area (Å²) in [5.41, 5.74) is -1.47. The van der Waals surface area contributed by atoms with Crippen molar-refractivity contribution in [1.82, 2.24) is 4.98 Å². The molecular formula is C29H29BrF6N2O2. The molecule has 0 aliphatic carbocycles. The molecule has 4 heterocycles. The molecule has 2 aromatic carbocycles. The van der Waals surface area contributed by atoms with Crippen LogP contribution in [0.15, 0.2) is 61.3 Å². The van der Waals surface area contributed by atoms with Gasteiger partial charge >= 0.3 is 12.4 Å². The van der Waals surface area contributed by atoms with Gasteiger partial charge in [-0.05, 0) is 53.9 Å². The smallest absolute Gasteiger partial charge is 0.416 e. The van der Waals surface area contributed by atoms with E-state index in [0.29, 0.717) is 41.7 Å². The fourth-order valence-corrected chi connectivity index (χ4v) is 6.59. The van der Waals surface area contributed by atoms with E-state index in [-0.39, 0.29) is 51.5 Å². The Hall–Kier alpha value is -2.63. The van der Waals surface area contributed by atoms with Crippen molar-refractivity contribution >= 4 is 10.9 Å². The van der Waals surface area contributed by atoms with Gasteiger partial charge in [-0.2, -0.15) is 26.3 Å². The van der Waals surface area contributed by atoms with E-state index in [1.165, 1.54) is 7.11 Å². The highest BCUT2D eigenvalue weighted by Crippen LogP contribution is 2.48. The summed E-state index contributed by atoms with van der Waals surface area (Å²) in [4.78, 5) is 4.37. The average Bonchev–Trinajstić information content (AvgIpc) is 2.90. The second-order valence-electron chi connectivity index (χ2n) is 10.7. The van der Waals surface area contributed by atoms with Crippen LogP contribution in [0.1, 0.15) is 41.2 Å².